The fraction of sp³-hybridized carbons (Fsp3) is 0.278. The zero-order chi connectivity index (χ0) is 15.5. The van der Waals surface area contributed by atoms with Crippen molar-refractivity contribution in [3.05, 3.63) is 58.6 Å². The Bertz CT molecular complexity index is 676. The van der Waals surface area contributed by atoms with Gasteiger partial charge in [0.05, 0.1) is 0 Å². The summed E-state index contributed by atoms with van der Waals surface area (Å²) in [6, 6.07) is 13.3. The van der Waals surface area contributed by atoms with Crippen molar-refractivity contribution >= 4 is 28.9 Å². The molecule has 0 saturated carbocycles. The predicted molar refractivity (Wildman–Crippen MR) is 92.0 cm³/mol. The molecule has 3 nitrogen and oxygen atoms in total. The predicted octanol–water partition coefficient (Wildman–Crippen LogP) is 4.50. The van der Waals surface area contributed by atoms with Gasteiger partial charge in [-0.3, -0.25) is 4.79 Å². The summed E-state index contributed by atoms with van der Waals surface area (Å²) in [6.07, 6.45) is 2.49. The Morgan fingerprint density at radius 1 is 1.09 bits per heavy atom. The molecule has 1 N–H and O–H groups in total. The SMILES string of the molecule is Cc1c(Cl)cccc1NC(=O)c1ccc(N2CCCC2)cc1. The molecule has 1 heterocycles. The van der Waals surface area contributed by atoms with Gasteiger partial charge in [0.15, 0.2) is 0 Å². The molecule has 114 valence electrons. The minimum absolute atomic E-state index is 0.113. The fourth-order valence-electron chi connectivity index (χ4n) is 2.74. The third-order valence-electron chi connectivity index (χ3n) is 4.12. The Labute approximate surface area is 135 Å². The molecular weight excluding hydrogens is 296 g/mol. The first-order chi connectivity index (χ1) is 10.6. The molecule has 0 unspecified atom stereocenters. The van der Waals surface area contributed by atoms with E-state index in [1.807, 2.05) is 49.4 Å². The lowest BCUT2D eigenvalue weighted by atomic mass is 10.1. The molecule has 4 heteroatoms. The van der Waals surface area contributed by atoms with Gasteiger partial charge in [-0.25, -0.2) is 0 Å². The number of hydrogen-bond donors (Lipinski definition) is 1. The minimum atomic E-state index is -0.113. The Balaban J connectivity index is 1.73. The van der Waals surface area contributed by atoms with Crippen LogP contribution in [0.1, 0.15) is 28.8 Å². The van der Waals surface area contributed by atoms with Crippen LogP contribution in [-0.2, 0) is 0 Å². The normalized spacial score (nSPS) is 14.2. The number of benzene rings is 2. The molecule has 3 rings (SSSR count). The summed E-state index contributed by atoms with van der Waals surface area (Å²) < 4.78 is 0. The quantitative estimate of drug-likeness (QED) is 0.904. The van der Waals surface area contributed by atoms with Crippen LogP contribution < -0.4 is 10.2 Å². The number of nitrogens with zero attached hydrogens (tertiary/aromatic N) is 1. The Hall–Kier alpha value is -2.00. The van der Waals surface area contributed by atoms with E-state index in [0.29, 0.717) is 10.6 Å². The van der Waals surface area contributed by atoms with Gasteiger partial charge < -0.3 is 10.2 Å². The van der Waals surface area contributed by atoms with Crippen LogP contribution in [0, 0.1) is 6.92 Å². The number of hydrogen-bond acceptors (Lipinski definition) is 2. The lowest BCUT2D eigenvalue weighted by molar-refractivity contribution is 0.102. The molecule has 1 aliphatic heterocycles. The van der Waals surface area contributed by atoms with Crippen LogP contribution in [-0.4, -0.2) is 19.0 Å². The molecule has 0 aliphatic carbocycles. The molecule has 1 aliphatic rings. The highest BCUT2D eigenvalue weighted by molar-refractivity contribution is 6.31. The van der Waals surface area contributed by atoms with Crippen molar-refractivity contribution < 1.29 is 4.79 Å². The topological polar surface area (TPSA) is 32.3 Å². The van der Waals surface area contributed by atoms with Gasteiger partial charge in [0.1, 0.15) is 0 Å². The Morgan fingerprint density at radius 2 is 1.77 bits per heavy atom. The van der Waals surface area contributed by atoms with Gasteiger partial charge in [-0.2, -0.15) is 0 Å². The van der Waals surface area contributed by atoms with Gasteiger partial charge in [-0.15, -0.1) is 0 Å². The Morgan fingerprint density at radius 3 is 2.45 bits per heavy atom. The standard InChI is InChI=1S/C18H19ClN2O/c1-13-16(19)5-4-6-17(13)20-18(22)14-7-9-15(10-8-14)21-11-2-3-12-21/h4-10H,2-3,11-12H2,1H3,(H,20,22). The lowest BCUT2D eigenvalue weighted by Crippen LogP contribution is -2.18. The molecule has 0 bridgehead atoms. The largest absolute Gasteiger partial charge is 0.372 e. The molecule has 0 radical (unpaired) electrons. The molecule has 0 spiro atoms. The first kappa shape index (κ1) is 14.9. The van der Waals surface area contributed by atoms with E-state index in [1.54, 1.807) is 0 Å². The second kappa shape index (κ2) is 6.41. The van der Waals surface area contributed by atoms with Crippen LogP contribution in [0.4, 0.5) is 11.4 Å². The maximum absolute atomic E-state index is 12.3. The fourth-order valence-corrected chi connectivity index (χ4v) is 2.91. The van der Waals surface area contributed by atoms with Crippen molar-refractivity contribution in [1.29, 1.82) is 0 Å². The van der Waals surface area contributed by atoms with E-state index in [0.717, 1.165) is 24.3 Å². The summed E-state index contributed by atoms with van der Waals surface area (Å²) in [4.78, 5) is 14.7. The molecule has 2 aromatic carbocycles. The minimum Gasteiger partial charge on any atom is -0.372 e. The van der Waals surface area contributed by atoms with Crippen LogP contribution in [0.15, 0.2) is 42.5 Å². The van der Waals surface area contributed by atoms with Gasteiger partial charge in [-0.05, 0) is 61.7 Å². The molecule has 0 atom stereocenters. The van der Waals surface area contributed by atoms with Crippen molar-refractivity contribution in [3.8, 4) is 0 Å². The molecule has 1 saturated heterocycles. The summed E-state index contributed by atoms with van der Waals surface area (Å²) in [7, 11) is 0. The molecular formula is C18H19ClN2O. The van der Waals surface area contributed by atoms with E-state index in [-0.39, 0.29) is 5.91 Å². The zero-order valence-electron chi connectivity index (χ0n) is 12.6. The van der Waals surface area contributed by atoms with Crippen molar-refractivity contribution in [2.75, 3.05) is 23.3 Å². The van der Waals surface area contributed by atoms with Crippen molar-refractivity contribution in [2.24, 2.45) is 0 Å². The van der Waals surface area contributed by atoms with E-state index < -0.39 is 0 Å². The summed E-state index contributed by atoms with van der Waals surface area (Å²) in [5, 5.41) is 3.57. The average molecular weight is 315 g/mol. The summed E-state index contributed by atoms with van der Waals surface area (Å²) in [6.45, 7) is 4.11. The maximum Gasteiger partial charge on any atom is 0.255 e. The van der Waals surface area contributed by atoms with Crippen molar-refractivity contribution in [2.45, 2.75) is 19.8 Å². The highest BCUT2D eigenvalue weighted by atomic mass is 35.5. The molecule has 1 fully saturated rings. The third-order valence-corrected chi connectivity index (χ3v) is 4.53. The number of anilines is 2. The second-order valence-electron chi connectivity index (χ2n) is 5.61. The molecule has 0 aromatic heterocycles. The van der Waals surface area contributed by atoms with E-state index >= 15 is 0 Å². The summed E-state index contributed by atoms with van der Waals surface area (Å²) in [5.74, 6) is -0.113. The molecule has 22 heavy (non-hydrogen) atoms. The molecule has 2 aromatic rings. The van der Waals surface area contributed by atoms with Gasteiger partial charge in [-0.1, -0.05) is 17.7 Å². The van der Waals surface area contributed by atoms with Gasteiger partial charge >= 0.3 is 0 Å². The number of amides is 1. The van der Waals surface area contributed by atoms with Crippen LogP contribution >= 0.6 is 11.6 Å². The van der Waals surface area contributed by atoms with Crippen molar-refractivity contribution in [1.82, 2.24) is 0 Å². The number of nitrogens with one attached hydrogen (secondary N) is 1. The number of halogens is 1. The first-order valence-electron chi connectivity index (χ1n) is 7.56. The van der Waals surface area contributed by atoms with Crippen molar-refractivity contribution in [3.63, 3.8) is 0 Å². The Kier molecular flexibility index (Phi) is 4.34. The lowest BCUT2D eigenvalue weighted by Gasteiger charge is -2.17. The van der Waals surface area contributed by atoms with Gasteiger partial charge in [0, 0.05) is 35.1 Å². The maximum atomic E-state index is 12.3. The van der Waals surface area contributed by atoms with E-state index in [9.17, 15) is 4.79 Å². The molecule has 1 amide bonds. The number of rotatable bonds is 3. The highest BCUT2D eigenvalue weighted by Crippen LogP contribution is 2.24. The average Bonchev–Trinajstić information content (AvgIpc) is 3.06. The van der Waals surface area contributed by atoms with Crippen LogP contribution in [0.5, 0.6) is 0 Å². The second-order valence-corrected chi connectivity index (χ2v) is 6.01. The number of carbonyl (C=O) groups is 1. The van der Waals surface area contributed by atoms with E-state index in [1.165, 1.54) is 18.5 Å². The monoisotopic (exact) mass is 314 g/mol. The smallest absolute Gasteiger partial charge is 0.255 e. The third kappa shape index (κ3) is 3.09. The van der Waals surface area contributed by atoms with E-state index in [4.69, 9.17) is 11.6 Å². The van der Waals surface area contributed by atoms with Crippen LogP contribution in [0.3, 0.4) is 0 Å². The summed E-state index contributed by atoms with van der Waals surface area (Å²) in [5.41, 5.74) is 3.47. The highest BCUT2D eigenvalue weighted by Gasteiger charge is 2.13. The van der Waals surface area contributed by atoms with Crippen LogP contribution in [0.25, 0.3) is 0 Å². The van der Waals surface area contributed by atoms with E-state index in [2.05, 4.69) is 10.2 Å². The van der Waals surface area contributed by atoms with Gasteiger partial charge in [0.2, 0.25) is 0 Å². The number of carbonyl (C=O) groups excluding carboxylic acids is 1. The van der Waals surface area contributed by atoms with Gasteiger partial charge in [0.25, 0.3) is 5.91 Å². The zero-order valence-corrected chi connectivity index (χ0v) is 13.4. The summed E-state index contributed by atoms with van der Waals surface area (Å²) >= 11 is 6.08. The first-order valence-corrected chi connectivity index (χ1v) is 7.94. The van der Waals surface area contributed by atoms with Crippen LogP contribution in [0.2, 0.25) is 5.02 Å².